The second-order valence-electron chi connectivity index (χ2n) is 11.6. The van der Waals surface area contributed by atoms with E-state index in [-0.39, 0.29) is 36.6 Å². The average molecular weight is 716 g/mol. The van der Waals surface area contributed by atoms with Gasteiger partial charge in [-0.15, -0.1) is 4.68 Å². The third kappa shape index (κ3) is 9.51. The molecule has 51 heavy (non-hydrogen) atoms. The number of urea groups is 1. The van der Waals surface area contributed by atoms with Crippen molar-refractivity contribution in [3.8, 4) is 0 Å². The standard InChI is InChI=1S/C32H37F3N10O6/c1-19(27-25(35)13-38-16-41-27)32(49,23-9-8-22(33)12-24(23)34)15-45-18-44(17-42-45)20(2)51-31(48)43(3)28-21(6-4-10-39-28)14-50-29(46)26(36)7-5-11-40-30(37)47/h4,6,8-10,12-13,16-20,26,49H,5,7,11,14-15,36H2,1-3H3,(H2-,37,40,47)/p+1/t19-,20?,26-,32+/m0/s1. The number of pyridine rings is 1. The molecule has 0 saturated heterocycles. The molecule has 0 bridgehead atoms. The summed E-state index contributed by atoms with van der Waals surface area (Å²) in [7, 11) is 1.40. The third-order valence-electron chi connectivity index (χ3n) is 8.04. The Bertz CT molecular complexity index is 1850. The summed E-state index contributed by atoms with van der Waals surface area (Å²) >= 11 is 0. The number of anilines is 1. The first-order valence-corrected chi connectivity index (χ1v) is 15.6. The average Bonchev–Trinajstić information content (AvgIpc) is 3.56. The minimum atomic E-state index is -2.19. The molecule has 0 aliphatic carbocycles. The molecule has 0 radical (unpaired) electrons. The zero-order valence-electron chi connectivity index (χ0n) is 27.9. The Morgan fingerprint density at radius 2 is 1.92 bits per heavy atom. The monoisotopic (exact) mass is 715 g/mol. The highest BCUT2D eigenvalue weighted by atomic mass is 19.1. The summed E-state index contributed by atoms with van der Waals surface area (Å²) in [6.07, 6.45) is 4.89. The topological polar surface area (TPSA) is 218 Å². The van der Waals surface area contributed by atoms with Crippen LogP contribution in [0.2, 0.25) is 0 Å². The van der Waals surface area contributed by atoms with Crippen LogP contribution < -0.4 is 26.3 Å². The number of carbonyl (C=O) groups excluding carboxylic acids is 3. The van der Waals surface area contributed by atoms with Crippen molar-refractivity contribution in [3.05, 3.63) is 96.0 Å². The lowest BCUT2D eigenvalue weighted by Crippen LogP contribution is -2.42. The first-order chi connectivity index (χ1) is 24.2. The SMILES string of the molecule is CC(OC(=O)N(C)c1ncccc1COC(=O)[C@@H](N)CCCNC(N)=O)[n+]1cnn(C[C@](O)(c2ccc(F)cc2F)[C@@H](C)c2ncncc2F)c1. The Morgan fingerprint density at radius 3 is 2.63 bits per heavy atom. The van der Waals surface area contributed by atoms with Crippen molar-refractivity contribution in [2.45, 2.75) is 63.6 Å². The summed E-state index contributed by atoms with van der Waals surface area (Å²) in [6.45, 7) is 2.51. The van der Waals surface area contributed by atoms with Gasteiger partial charge in [0.2, 0.25) is 12.6 Å². The number of halogens is 3. The van der Waals surface area contributed by atoms with E-state index in [4.69, 9.17) is 20.9 Å². The Balaban J connectivity index is 1.44. The van der Waals surface area contributed by atoms with Crippen molar-refractivity contribution < 1.29 is 46.7 Å². The largest absolute Gasteiger partial charge is 0.460 e. The van der Waals surface area contributed by atoms with Gasteiger partial charge in [-0.1, -0.05) is 19.1 Å². The number of aromatic nitrogens is 6. The fourth-order valence-electron chi connectivity index (χ4n) is 5.14. The summed E-state index contributed by atoms with van der Waals surface area (Å²) in [4.78, 5) is 49.3. The first kappa shape index (κ1) is 38.1. The van der Waals surface area contributed by atoms with Crippen LogP contribution in [0.4, 0.5) is 28.6 Å². The minimum Gasteiger partial charge on any atom is -0.460 e. The van der Waals surface area contributed by atoms with Crippen LogP contribution in [0, 0.1) is 17.5 Å². The molecule has 4 rings (SSSR count). The zero-order valence-corrected chi connectivity index (χ0v) is 27.9. The van der Waals surface area contributed by atoms with Gasteiger partial charge < -0.3 is 31.4 Å². The molecular weight excluding hydrogens is 677 g/mol. The maximum Gasteiger partial charge on any atom is 0.418 e. The van der Waals surface area contributed by atoms with Crippen molar-refractivity contribution in [2.75, 3.05) is 18.5 Å². The summed E-state index contributed by atoms with van der Waals surface area (Å²) in [5.41, 5.74) is 8.55. The number of amides is 3. The van der Waals surface area contributed by atoms with Crippen molar-refractivity contribution in [3.63, 3.8) is 0 Å². The van der Waals surface area contributed by atoms with Crippen molar-refractivity contribution in [1.29, 1.82) is 0 Å². The number of hydrogen-bond acceptors (Lipinski definition) is 11. The first-order valence-electron chi connectivity index (χ1n) is 15.6. The van der Waals surface area contributed by atoms with Crippen molar-refractivity contribution in [1.82, 2.24) is 30.0 Å². The van der Waals surface area contributed by atoms with Crippen LogP contribution in [0.25, 0.3) is 0 Å². The number of aliphatic hydroxyl groups is 1. The van der Waals surface area contributed by atoms with E-state index in [2.05, 4.69) is 25.4 Å². The summed E-state index contributed by atoms with van der Waals surface area (Å²) in [5.74, 6) is -4.50. The maximum absolute atomic E-state index is 15.1. The third-order valence-corrected chi connectivity index (χ3v) is 8.04. The summed E-state index contributed by atoms with van der Waals surface area (Å²) < 4.78 is 57.1. The molecule has 3 aromatic heterocycles. The fraction of sp³-hybridized carbons (Fsp3) is 0.375. The van der Waals surface area contributed by atoms with Gasteiger partial charge in [-0.05, 0) is 25.0 Å². The van der Waals surface area contributed by atoms with Crippen LogP contribution in [0.3, 0.4) is 0 Å². The maximum atomic E-state index is 15.1. The van der Waals surface area contributed by atoms with E-state index in [0.29, 0.717) is 18.1 Å². The Hall–Kier alpha value is -5.69. The van der Waals surface area contributed by atoms with E-state index in [9.17, 15) is 28.3 Å². The van der Waals surface area contributed by atoms with Crippen LogP contribution in [-0.4, -0.2) is 67.6 Å². The van der Waals surface area contributed by atoms with Gasteiger partial charge in [-0.3, -0.25) is 9.69 Å². The predicted molar refractivity (Wildman–Crippen MR) is 172 cm³/mol. The highest BCUT2D eigenvalue weighted by molar-refractivity contribution is 5.86. The van der Waals surface area contributed by atoms with Gasteiger partial charge in [0.1, 0.15) is 48.6 Å². The molecule has 0 spiro atoms. The normalized spacial score (nSPS) is 14.1. The lowest BCUT2D eigenvalue weighted by molar-refractivity contribution is -0.753. The van der Waals surface area contributed by atoms with Gasteiger partial charge in [0.25, 0.3) is 6.33 Å². The molecule has 1 aromatic carbocycles. The lowest BCUT2D eigenvalue weighted by Gasteiger charge is -2.32. The highest BCUT2D eigenvalue weighted by Crippen LogP contribution is 2.39. The summed E-state index contributed by atoms with van der Waals surface area (Å²) in [6, 6.07) is 4.18. The number of carbonyl (C=O) groups is 3. The Morgan fingerprint density at radius 1 is 1.16 bits per heavy atom. The Kier molecular flexibility index (Phi) is 12.6. The van der Waals surface area contributed by atoms with Crippen LogP contribution in [-0.2, 0) is 33.0 Å². The number of ether oxygens (including phenoxy) is 2. The number of esters is 1. The number of rotatable bonds is 15. The number of nitrogens with one attached hydrogen (secondary N) is 1. The molecule has 0 saturated carbocycles. The molecule has 272 valence electrons. The molecule has 4 atom stereocenters. The van der Waals surface area contributed by atoms with E-state index in [1.54, 1.807) is 12.1 Å². The van der Waals surface area contributed by atoms with Crippen molar-refractivity contribution >= 4 is 23.9 Å². The van der Waals surface area contributed by atoms with E-state index in [1.165, 1.54) is 49.0 Å². The second kappa shape index (κ2) is 16.8. The lowest BCUT2D eigenvalue weighted by atomic mass is 9.79. The molecule has 1 unspecified atom stereocenters. The molecule has 3 amide bonds. The molecule has 6 N–H and O–H groups in total. The number of benzene rings is 1. The van der Waals surface area contributed by atoms with Crippen molar-refractivity contribution in [2.24, 2.45) is 11.5 Å². The van der Waals surface area contributed by atoms with Gasteiger partial charge in [-0.2, -0.15) is 4.57 Å². The summed E-state index contributed by atoms with van der Waals surface area (Å²) in [5, 5.41) is 18.5. The van der Waals surface area contributed by atoms with Gasteiger partial charge in [0.15, 0.2) is 5.82 Å². The van der Waals surface area contributed by atoms with Gasteiger partial charge >= 0.3 is 18.1 Å². The molecule has 0 aliphatic rings. The van der Waals surface area contributed by atoms with Crippen LogP contribution in [0.5, 0.6) is 0 Å². The second-order valence-corrected chi connectivity index (χ2v) is 11.6. The van der Waals surface area contributed by atoms with Crippen LogP contribution >= 0.6 is 0 Å². The highest BCUT2D eigenvalue weighted by Gasteiger charge is 2.44. The number of nitrogens with two attached hydrogens (primary N) is 2. The number of hydrogen-bond donors (Lipinski definition) is 4. The van der Waals surface area contributed by atoms with Crippen LogP contribution in [0.1, 0.15) is 55.7 Å². The smallest absolute Gasteiger partial charge is 0.418 e. The van der Waals surface area contributed by atoms with Gasteiger partial charge in [0, 0.05) is 54.9 Å². The molecule has 19 heteroatoms. The number of primary amides is 1. The van der Waals surface area contributed by atoms with Gasteiger partial charge in [0.05, 0.1) is 11.9 Å². The predicted octanol–water partition coefficient (Wildman–Crippen LogP) is 2.07. The quantitative estimate of drug-likeness (QED) is 0.0794. The van der Waals surface area contributed by atoms with E-state index < -0.39 is 65.9 Å². The van der Waals surface area contributed by atoms with E-state index in [0.717, 1.165) is 29.6 Å². The van der Waals surface area contributed by atoms with Crippen LogP contribution in [0.15, 0.2) is 61.7 Å². The number of nitrogens with zero attached hydrogens (tertiary/aromatic N) is 7. The zero-order chi connectivity index (χ0) is 37.3. The minimum absolute atomic E-state index is 0.139. The Labute approximate surface area is 290 Å². The molecule has 0 aliphatic heterocycles. The van der Waals surface area contributed by atoms with E-state index >= 15 is 4.39 Å². The molecule has 0 fully saturated rings. The van der Waals surface area contributed by atoms with E-state index in [1.807, 2.05) is 0 Å². The molecular formula is C32H38F3N10O6+. The molecule has 3 heterocycles. The fourth-order valence-corrected chi connectivity index (χ4v) is 5.14. The molecule has 16 nitrogen and oxygen atoms in total. The van der Waals surface area contributed by atoms with Gasteiger partial charge in [-0.25, -0.2) is 37.7 Å². The molecule has 4 aromatic rings.